The van der Waals surface area contributed by atoms with Crippen LogP contribution in [0, 0.1) is 0 Å². The average molecular weight is 203 g/mol. The summed E-state index contributed by atoms with van der Waals surface area (Å²) < 4.78 is 0. The monoisotopic (exact) mass is 203 g/mol. The van der Waals surface area contributed by atoms with Crippen LogP contribution in [0.2, 0.25) is 0 Å². The summed E-state index contributed by atoms with van der Waals surface area (Å²) >= 11 is 0. The van der Waals surface area contributed by atoms with Crippen molar-refractivity contribution in [2.24, 2.45) is 0 Å². The smallest absolute Gasteiger partial charge is 0.169 e. The van der Waals surface area contributed by atoms with Crippen molar-refractivity contribution < 1.29 is 10.2 Å². The topological polar surface area (TPSA) is 52.5 Å². The molecule has 0 aromatic heterocycles. The zero-order valence-corrected chi connectivity index (χ0v) is 8.22. The first kappa shape index (κ1) is 9.96. The van der Waals surface area contributed by atoms with Crippen molar-refractivity contribution in [1.29, 1.82) is 0 Å². The summed E-state index contributed by atoms with van der Waals surface area (Å²) in [4.78, 5) is 0. The molecule has 0 aliphatic heterocycles. The summed E-state index contributed by atoms with van der Waals surface area (Å²) in [6.45, 7) is 0.133. The summed E-state index contributed by atoms with van der Waals surface area (Å²) in [6.07, 6.45) is -1.33. The maximum Gasteiger partial charge on any atom is 0.169 e. The molecule has 3 heteroatoms. The van der Waals surface area contributed by atoms with E-state index in [1.165, 1.54) is 0 Å². The van der Waals surface area contributed by atoms with Crippen LogP contribution >= 0.6 is 0 Å². The second kappa shape index (κ2) is 4.29. The lowest BCUT2D eigenvalue weighted by Crippen LogP contribution is -2.18. The molecule has 0 fully saturated rings. The fourth-order valence-electron chi connectivity index (χ4n) is 1.58. The molecule has 0 heterocycles. The molecule has 3 nitrogen and oxygen atoms in total. The molecule has 0 saturated carbocycles. The molecule has 0 aliphatic rings. The molecule has 2 aromatic rings. The molecule has 2 aromatic carbocycles. The van der Waals surface area contributed by atoms with Gasteiger partial charge in [0.1, 0.15) is 0 Å². The zero-order valence-electron chi connectivity index (χ0n) is 8.22. The molecule has 0 aliphatic carbocycles. The molecule has 78 valence electrons. The van der Waals surface area contributed by atoms with E-state index in [0.29, 0.717) is 0 Å². The van der Waals surface area contributed by atoms with E-state index in [0.717, 1.165) is 16.5 Å². The second-order valence-electron chi connectivity index (χ2n) is 3.39. The molecule has 0 atom stereocenters. The number of nitrogens with one attached hydrogen (secondary N) is 1. The van der Waals surface area contributed by atoms with Gasteiger partial charge in [-0.1, -0.05) is 36.4 Å². The van der Waals surface area contributed by atoms with Gasteiger partial charge < -0.3 is 15.5 Å². The fourth-order valence-corrected chi connectivity index (χ4v) is 1.58. The molecule has 0 radical (unpaired) electrons. The van der Waals surface area contributed by atoms with Gasteiger partial charge in [-0.15, -0.1) is 0 Å². The van der Waals surface area contributed by atoms with Crippen LogP contribution in [0.1, 0.15) is 0 Å². The lowest BCUT2D eigenvalue weighted by molar-refractivity contribution is -0.0275. The highest BCUT2D eigenvalue weighted by Gasteiger charge is 2.01. The highest BCUT2D eigenvalue weighted by atomic mass is 16.5. The number of benzene rings is 2. The number of anilines is 1. The standard InChI is InChI=1S/C12H13NO2/c14-12(15)8-13-11-7-3-5-9-4-1-2-6-10(9)11/h1-7,12-15H,8H2. The van der Waals surface area contributed by atoms with Crippen molar-refractivity contribution >= 4 is 16.5 Å². The second-order valence-corrected chi connectivity index (χ2v) is 3.39. The van der Waals surface area contributed by atoms with Gasteiger partial charge in [-0.05, 0) is 11.5 Å². The minimum Gasteiger partial charge on any atom is -0.379 e. The van der Waals surface area contributed by atoms with Crippen molar-refractivity contribution in [3.05, 3.63) is 42.5 Å². The molecule has 15 heavy (non-hydrogen) atoms. The van der Waals surface area contributed by atoms with E-state index in [2.05, 4.69) is 5.32 Å². The first-order valence-electron chi connectivity index (χ1n) is 4.85. The largest absolute Gasteiger partial charge is 0.379 e. The third-order valence-electron chi connectivity index (χ3n) is 2.26. The molecule has 0 unspecified atom stereocenters. The third-order valence-corrected chi connectivity index (χ3v) is 2.26. The molecule has 0 amide bonds. The molecule has 2 rings (SSSR count). The van der Waals surface area contributed by atoms with Crippen LogP contribution in [0.5, 0.6) is 0 Å². The van der Waals surface area contributed by atoms with E-state index < -0.39 is 6.29 Å². The van der Waals surface area contributed by atoms with Gasteiger partial charge >= 0.3 is 0 Å². The average Bonchev–Trinajstić information content (AvgIpc) is 2.26. The molecule has 0 saturated heterocycles. The predicted molar refractivity (Wildman–Crippen MR) is 60.7 cm³/mol. The van der Waals surface area contributed by atoms with Crippen LogP contribution in [0.4, 0.5) is 5.69 Å². The maximum absolute atomic E-state index is 8.78. The van der Waals surface area contributed by atoms with Crippen LogP contribution in [0.15, 0.2) is 42.5 Å². The van der Waals surface area contributed by atoms with Gasteiger partial charge in [0, 0.05) is 11.1 Å². The van der Waals surface area contributed by atoms with Crippen LogP contribution < -0.4 is 5.32 Å². The highest BCUT2D eigenvalue weighted by molar-refractivity contribution is 5.93. The molecular formula is C12H13NO2. The Balaban J connectivity index is 2.34. The first-order chi connectivity index (χ1) is 7.27. The number of fused-ring (bicyclic) bond motifs is 1. The van der Waals surface area contributed by atoms with Crippen molar-refractivity contribution in [2.75, 3.05) is 11.9 Å². The van der Waals surface area contributed by atoms with Gasteiger partial charge in [0.2, 0.25) is 0 Å². The first-order valence-corrected chi connectivity index (χ1v) is 4.85. The van der Waals surface area contributed by atoms with E-state index in [1.807, 2.05) is 42.5 Å². The molecule has 0 spiro atoms. The Bertz CT molecular complexity index is 449. The Hall–Kier alpha value is -1.58. The van der Waals surface area contributed by atoms with E-state index in [1.54, 1.807) is 0 Å². The van der Waals surface area contributed by atoms with Crippen LogP contribution in [0.3, 0.4) is 0 Å². The Labute approximate surface area is 88.0 Å². The molecule has 0 bridgehead atoms. The normalized spacial score (nSPS) is 10.9. The minimum atomic E-state index is -1.33. The quantitative estimate of drug-likeness (QED) is 0.663. The fraction of sp³-hybridized carbons (Fsp3) is 0.167. The number of aliphatic hydroxyl groups is 2. The van der Waals surface area contributed by atoms with Gasteiger partial charge in [0.25, 0.3) is 0 Å². The summed E-state index contributed by atoms with van der Waals surface area (Å²) in [5, 5.41) is 22.8. The molecule has 3 N–H and O–H groups in total. The van der Waals surface area contributed by atoms with Gasteiger partial charge in [-0.3, -0.25) is 0 Å². The summed E-state index contributed by atoms with van der Waals surface area (Å²) in [7, 11) is 0. The third kappa shape index (κ3) is 2.26. The van der Waals surface area contributed by atoms with Gasteiger partial charge in [0.15, 0.2) is 6.29 Å². The Morgan fingerprint density at radius 1 is 1.00 bits per heavy atom. The Morgan fingerprint density at radius 2 is 1.73 bits per heavy atom. The number of hydrogen-bond donors (Lipinski definition) is 3. The minimum absolute atomic E-state index is 0.133. The SMILES string of the molecule is OC(O)CNc1cccc2ccccc12. The molecular weight excluding hydrogens is 190 g/mol. The highest BCUT2D eigenvalue weighted by Crippen LogP contribution is 2.22. The summed E-state index contributed by atoms with van der Waals surface area (Å²) in [5.74, 6) is 0. The van der Waals surface area contributed by atoms with Crippen molar-refractivity contribution in [3.8, 4) is 0 Å². The van der Waals surface area contributed by atoms with Crippen molar-refractivity contribution in [3.63, 3.8) is 0 Å². The van der Waals surface area contributed by atoms with E-state index in [-0.39, 0.29) is 6.54 Å². The lowest BCUT2D eigenvalue weighted by Gasteiger charge is -2.10. The van der Waals surface area contributed by atoms with Crippen molar-refractivity contribution in [2.45, 2.75) is 6.29 Å². The van der Waals surface area contributed by atoms with Crippen LogP contribution in [-0.2, 0) is 0 Å². The Kier molecular flexibility index (Phi) is 2.85. The lowest BCUT2D eigenvalue weighted by atomic mass is 10.1. The maximum atomic E-state index is 8.78. The Morgan fingerprint density at radius 3 is 2.53 bits per heavy atom. The van der Waals surface area contributed by atoms with Crippen LogP contribution in [-0.4, -0.2) is 23.0 Å². The van der Waals surface area contributed by atoms with Crippen molar-refractivity contribution in [1.82, 2.24) is 0 Å². The number of aliphatic hydroxyl groups excluding tert-OH is 1. The summed E-state index contributed by atoms with van der Waals surface area (Å²) in [5.41, 5.74) is 0.918. The van der Waals surface area contributed by atoms with Gasteiger partial charge in [-0.25, -0.2) is 0 Å². The predicted octanol–water partition coefficient (Wildman–Crippen LogP) is 1.56. The summed E-state index contributed by atoms with van der Waals surface area (Å²) in [6, 6.07) is 13.8. The van der Waals surface area contributed by atoms with Gasteiger partial charge in [0.05, 0.1) is 6.54 Å². The number of rotatable bonds is 3. The van der Waals surface area contributed by atoms with Crippen LogP contribution in [0.25, 0.3) is 10.8 Å². The zero-order chi connectivity index (χ0) is 10.7. The van der Waals surface area contributed by atoms with E-state index >= 15 is 0 Å². The number of hydrogen-bond acceptors (Lipinski definition) is 3. The van der Waals surface area contributed by atoms with Gasteiger partial charge in [-0.2, -0.15) is 0 Å². The van der Waals surface area contributed by atoms with E-state index in [4.69, 9.17) is 10.2 Å². The van der Waals surface area contributed by atoms with E-state index in [9.17, 15) is 0 Å².